The summed E-state index contributed by atoms with van der Waals surface area (Å²) < 4.78 is 32.5. The molecule has 1 aromatic heterocycles. The molecule has 9 heteroatoms. The molecule has 3 aromatic carbocycles. The highest BCUT2D eigenvalue weighted by Crippen LogP contribution is 2.34. The first-order valence-electron chi connectivity index (χ1n) is 13.2. The number of nitrogens with one attached hydrogen (secondary N) is 2. The number of thioether (sulfide) groups is 1. The molecule has 40 heavy (non-hydrogen) atoms. The van der Waals surface area contributed by atoms with Crippen LogP contribution in [0.5, 0.6) is 0 Å². The molecule has 206 valence electrons. The van der Waals surface area contributed by atoms with Crippen LogP contribution in [0.4, 0.5) is 14.6 Å². The molecule has 3 N–H and O–H groups in total. The van der Waals surface area contributed by atoms with Gasteiger partial charge in [0.15, 0.2) is 5.82 Å². The van der Waals surface area contributed by atoms with Gasteiger partial charge in [0.05, 0.1) is 17.0 Å². The zero-order valence-corrected chi connectivity index (χ0v) is 23.7. The fourth-order valence-electron chi connectivity index (χ4n) is 4.99. The number of hydrogen-bond acceptors (Lipinski definition) is 7. The highest BCUT2D eigenvalue weighted by Gasteiger charge is 2.27. The first-order valence-corrected chi connectivity index (χ1v) is 15.2. The molecule has 1 aliphatic heterocycles. The fraction of sp³-hybridized carbons (Fsp3) is 0.290. The number of nitrogens with zero attached hydrogens (tertiary/aromatic N) is 2. The third kappa shape index (κ3) is 6.53. The minimum absolute atomic E-state index is 0.0702. The summed E-state index contributed by atoms with van der Waals surface area (Å²) >= 11 is 3.04. The largest absolute Gasteiger partial charge is 0.390 e. The Morgan fingerprint density at radius 3 is 2.58 bits per heavy atom. The first kappa shape index (κ1) is 28.2. The number of anilines is 1. The summed E-state index contributed by atoms with van der Waals surface area (Å²) in [5, 5.41) is 28.1. The van der Waals surface area contributed by atoms with Crippen molar-refractivity contribution >= 4 is 29.1 Å². The number of halogens is 2. The van der Waals surface area contributed by atoms with Crippen molar-refractivity contribution in [2.24, 2.45) is 0 Å². The molecule has 0 saturated carbocycles. The van der Waals surface area contributed by atoms with E-state index in [-0.39, 0.29) is 19.0 Å². The van der Waals surface area contributed by atoms with E-state index < -0.39 is 23.8 Å². The van der Waals surface area contributed by atoms with Crippen molar-refractivity contribution in [3.8, 4) is 16.5 Å². The molecule has 3 unspecified atom stereocenters. The van der Waals surface area contributed by atoms with Crippen molar-refractivity contribution in [2.75, 3.05) is 17.6 Å². The van der Waals surface area contributed by atoms with Crippen molar-refractivity contribution in [1.82, 2.24) is 9.69 Å². The van der Waals surface area contributed by atoms with E-state index in [0.717, 1.165) is 34.4 Å². The van der Waals surface area contributed by atoms with Crippen LogP contribution in [0.2, 0.25) is 0 Å². The average molecular weight is 577 g/mol. The molecule has 3 atom stereocenters. The molecule has 0 saturated heterocycles. The number of fused-ring (bicyclic) bond motifs is 1. The number of aliphatic hydroxyl groups excluding tert-OH is 1. The molecule has 0 aliphatic carbocycles. The molecular formula is C31H30F2N4OS2. The lowest BCUT2D eigenvalue weighted by Gasteiger charge is -2.30. The quantitative estimate of drug-likeness (QED) is 0.200. The van der Waals surface area contributed by atoms with Gasteiger partial charge in [0.2, 0.25) is 0 Å². The number of hydrogen-bond donors (Lipinski definition) is 3. The Kier molecular flexibility index (Phi) is 9.12. The van der Waals surface area contributed by atoms with E-state index in [1.165, 1.54) is 40.4 Å². The first-order chi connectivity index (χ1) is 19.4. The van der Waals surface area contributed by atoms with Gasteiger partial charge in [-0.1, -0.05) is 55.5 Å². The number of aryl methyl sites for hydroxylation is 1. The molecular weight excluding hydrogens is 546 g/mol. The zero-order chi connectivity index (χ0) is 28.1. The lowest BCUT2D eigenvalue weighted by molar-refractivity contribution is 0.145. The van der Waals surface area contributed by atoms with Crippen molar-refractivity contribution in [3.05, 3.63) is 106 Å². The predicted molar refractivity (Wildman–Crippen MR) is 158 cm³/mol. The fourth-order valence-corrected chi connectivity index (χ4v) is 6.93. The number of aliphatic hydroxyl groups is 1. The molecule has 4 aromatic rings. The minimum Gasteiger partial charge on any atom is -0.390 e. The molecule has 1 aliphatic rings. The van der Waals surface area contributed by atoms with Gasteiger partial charge in [-0.2, -0.15) is 21.4 Å². The number of nitriles is 1. The van der Waals surface area contributed by atoms with Gasteiger partial charge in [-0.3, -0.25) is 0 Å². The van der Waals surface area contributed by atoms with Gasteiger partial charge in [0.25, 0.3) is 0 Å². The van der Waals surface area contributed by atoms with Gasteiger partial charge in [0.1, 0.15) is 23.3 Å². The normalized spacial score (nSPS) is 16.1. The number of benzene rings is 3. The summed E-state index contributed by atoms with van der Waals surface area (Å²) in [4.78, 5) is 0.719. The van der Waals surface area contributed by atoms with E-state index in [1.54, 1.807) is 0 Å². The molecule has 0 spiro atoms. The number of rotatable bonds is 10. The van der Waals surface area contributed by atoms with Crippen LogP contribution >= 0.6 is 23.3 Å². The van der Waals surface area contributed by atoms with Gasteiger partial charge in [-0.05, 0) is 64.3 Å². The molecule has 0 bridgehead atoms. The molecule has 5 nitrogen and oxygen atoms in total. The van der Waals surface area contributed by atoms with Crippen molar-refractivity contribution in [2.45, 2.75) is 43.7 Å². The summed E-state index contributed by atoms with van der Waals surface area (Å²) in [6.45, 7) is 2.38. The Morgan fingerprint density at radius 1 is 1.07 bits per heavy atom. The van der Waals surface area contributed by atoms with Crippen LogP contribution in [0.1, 0.15) is 40.8 Å². The van der Waals surface area contributed by atoms with Gasteiger partial charge >= 0.3 is 0 Å². The van der Waals surface area contributed by atoms with Crippen LogP contribution < -0.4 is 10.6 Å². The molecule has 0 fully saturated rings. The maximum Gasteiger partial charge on any atom is 0.158 e. The van der Waals surface area contributed by atoms with Crippen LogP contribution in [0.3, 0.4) is 0 Å². The SMILES string of the molecule is CCc1ccc2c(c1)C(NCC(O)C(Cc1cc(F)cc(F)c1)Nc1nsc(-c3ccccc3)c1C#N)CSC2. The second kappa shape index (κ2) is 12.9. The average Bonchev–Trinajstić information content (AvgIpc) is 3.37. The van der Waals surface area contributed by atoms with Crippen LogP contribution in [0.25, 0.3) is 10.4 Å². The Hall–Kier alpha value is -3.29. The van der Waals surface area contributed by atoms with Gasteiger partial charge in [0, 0.05) is 30.2 Å². The second-order valence-electron chi connectivity index (χ2n) is 9.88. The summed E-state index contributed by atoms with van der Waals surface area (Å²) in [7, 11) is 0. The van der Waals surface area contributed by atoms with E-state index in [2.05, 4.69) is 46.2 Å². The Morgan fingerprint density at radius 2 is 1.85 bits per heavy atom. The third-order valence-corrected chi connectivity index (χ3v) is 9.09. The molecule has 0 amide bonds. The Bertz CT molecular complexity index is 1480. The second-order valence-corrected chi connectivity index (χ2v) is 11.7. The van der Waals surface area contributed by atoms with E-state index in [0.29, 0.717) is 16.9 Å². The molecule has 5 rings (SSSR count). The summed E-state index contributed by atoms with van der Waals surface area (Å²) in [6.07, 6.45) is 0.145. The summed E-state index contributed by atoms with van der Waals surface area (Å²) in [6, 6.07) is 21.1. The van der Waals surface area contributed by atoms with E-state index in [9.17, 15) is 19.1 Å². The highest BCUT2D eigenvalue weighted by molar-refractivity contribution is 7.98. The smallest absolute Gasteiger partial charge is 0.158 e. The van der Waals surface area contributed by atoms with Crippen LogP contribution in [0.15, 0.2) is 66.7 Å². The van der Waals surface area contributed by atoms with Crippen LogP contribution in [-0.4, -0.2) is 33.9 Å². The van der Waals surface area contributed by atoms with Crippen molar-refractivity contribution < 1.29 is 13.9 Å². The topological polar surface area (TPSA) is 81.0 Å². The minimum atomic E-state index is -0.940. The van der Waals surface area contributed by atoms with Crippen LogP contribution in [0, 0.1) is 23.0 Å². The summed E-state index contributed by atoms with van der Waals surface area (Å²) in [5.74, 6) is 0.826. The Balaban J connectivity index is 1.39. The maximum atomic E-state index is 14.0. The van der Waals surface area contributed by atoms with Gasteiger partial charge in [-0.25, -0.2) is 8.78 Å². The lowest BCUT2D eigenvalue weighted by atomic mass is 9.97. The van der Waals surface area contributed by atoms with E-state index in [4.69, 9.17) is 0 Å². The Labute approximate surface area is 241 Å². The van der Waals surface area contributed by atoms with Gasteiger partial charge in [-0.15, -0.1) is 0 Å². The van der Waals surface area contributed by atoms with E-state index in [1.807, 2.05) is 42.1 Å². The molecule has 2 heterocycles. The summed E-state index contributed by atoms with van der Waals surface area (Å²) in [5.41, 5.74) is 5.46. The van der Waals surface area contributed by atoms with Crippen molar-refractivity contribution in [1.29, 1.82) is 5.26 Å². The standard InChI is InChI=1S/C31H30F2N4OS2/c1-2-19-8-9-22-17-39-18-28(25(22)12-19)35-16-29(38)27(13-20-10-23(32)14-24(33)11-20)36-31-26(15-34)30(40-37-31)21-6-4-3-5-7-21/h3-12,14,27-29,35,38H,2,13,16-18H2,1H3,(H,36,37). The molecule has 0 radical (unpaired) electrons. The highest BCUT2D eigenvalue weighted by atomic mass is 32.2. The maximum absolute atomic E-state index is 14.0. The lowest BCUT2D eigenvalue weighted by Crippen LogP contribution is -2.44. The van der Waals surface area contributed by atoms with Gasteiger partial charge < -0.3 is 15.7 Å². The predicted octanol–water partition coefficient (Wildman–Crippen LogP) is 6.48. The van der Waals surface area contributed by atoms with Crippen LogP contribution in [-0.2, 0) is 18.6 Å². The number of aromatic nitrogens is 1. The third-order valence-electron chi connectivity index (χ3n) is 7.11. The zero-order valence-electron chi connectivity index (χ0n) is 22.0. The monoisotopic (exact) mass is 576 g/mol. The van der Waals surface area contributed by atoms with E-state index >= 15 is 0 Å². The van der Waals surface area contributed by atoms with Crippen molar-refractivity contribution in [3.63, 3.8) is 0 Å².